The first-order valence-corrected chi connectivity index (χ1v) is 8.98. The minimum absolute atomic E-state index is 0.0986. The summed E-state index contributed by atoms with van der Waals surface area (Å²) in [5.41, 5.74) is 1.37. The molecule has 0 aliphatic rings. The highest BCUT2D eigenvalue weighted by atomic mass is 79.9. The average molecular weight is 425 g/mol. The Bertz CT molecular complexity index is 1240. The van der Waals surface area contributed by atoms with Gasteiger partial charge in [0.1, 0.15) is 5.82 Å². The molecule has 0 atom stereocenters. The molecule has 7 nitrogen and oxygen atoms in total. The van der Waals surface area contributed by atoms with E-state index in [1.54, 1.807) is 18.2 Å². The normalized spacial score (nSPS) is 11.1. The van der Waals surface area contributed by atoms with Crippen molar-refractivity contribution in [2.75, 3.05) is 0 Å². The van der Waals surface area contributed by atoms with Gasteiger partial charge in [0.15, 0.2) is 11.3 Å². The molecule has 0 amide bonds. The molecule has 8 heteroatoms. The van der Waals surface area contributed by atoms with E-state index in [1.165, 1.54) is 4.52 Å². The Morgan fingerprint density at radius 2 is 1.89 bits per heavy atom. The number of hydrogen-bond donors (Lipinski definition) is 1. The zero-order chi connectivity index (χ0) is 19.0. The van der Waals surface area contributed by atoms with Crippen LogP contribution in [0.5, 0.6) is 0 Å². The van der Waals surface area contributed by atoms with Crippen LogP contribution in [-0.2, 0) is 11.2 Å². The fourth-order valence-corrected chi connectivity index (χ4v) is 3.23. The Labute approximate surface area is 161 Å². The number of carboxylic acids is 1. The molecule has 27 heavy (non-hydrogen) atoms. The number of fused-ring (bicyclic) bond motifs is 3. The summed E-state index contributed by atoms with van der Waals surface area (Å²) in [5.74, 6) is -0.495. The number of halogens is 1. The molecule has 0 spiro atoms. The van der Waals surface area contributed by atoms with E-state index < -0.39 is 11.5 Å². The molecule has 4 rings (SSSR count). The molecule has 134 valence electrons. The first-order valence-electron chi connectivity index (χ1n) is 8.19. The second-order valence-electron chi connectivity index (χ2n) is 5.95. The van der Waals surface area contributed by atoms with Crippen molar-refractivity contribution in [3.63, 3.8) is 0 Å². The van der Waals surface area contributed by atoms with Gasteiger partial charge in [-0.25, -0.2) is 4.98 Å². The van der Waals surface area contributed by atoms with Crippen LogP contribution in [-0.4, -0.2) is 30.7 Å². The minimum Gasteiger partial charge on any atom is -0.481 e. The van der Waals surface area contributed by atoms with Crippen molar-refractivity contribution in [1.29, 1.82) is 0 Å². The van der Waals surface area contributed by atoms with Crippen LogP contribution in [0.15, 0.2) is 57.8 Å². The van der Waals surface area contributed by atoms with Gasteiger partial charge in [-0.1, -0.05) is 46.3 Å². The van der Waals surface area contributed by atoms with Crippen molar-refractivity contribution < 1.29 is 9.90 Å². The van der Waals surface area contributed by atoms with E-state index in [0.717, 1.165) is 4.47 Å². The molecule has 0 unspecified atom stereocenters. The maximum absolute atomic E-state index is 12.6. The van der Waals surface area contributed by atoms with Gasteiger partial charge in [0.25, 0.3) is 5.56 Å². The Morgan fingerprint density at radius 3 is 2.63 bits per heavy atom. The van der Waals surface area contributed by atoms with Crippen LogP contribution in [0.1, 0.15) is 12.2 Å². The van der Waals surface area contributed by atoms with Gasteiger partial charge < -0.3 is 5.11 Å². The average Bonchev–Trinajstić information content (AvgIpc) is 2.66. The van der Waals surface area contributed by atoms with Crippen molar-refractivity contribution >= 4 is 38.4 Å². The summed E-state index contributed by atoms with van der Waals surface area (Å²) in [6.07, 6.45) is 0.0717. The van der Waals surface area contributed by atoms with Crippen molar-refractivity contribution in [1.82, 2.24) is 19.6 Å². The molecule has 0 fully saturated rings. The van der Waals surface area contributed by atoms with E-state index in [0.29, 0.717) is 27.9 Å². The molecule has 1 N–H and O–H groups in total. The number of aliphatic carboxylic acids is 1. The zero-order valence-electron chi connectivity index (χ0n) is 14.0. The fraction of sp³-hybridized carbons (Fsp3) is 0.105. The monoisotopic (exact) mass is 424 g/mol. The van der Waals surface area contributed by atoms with E-state index in [-0.39, 0.29) is 18.5 Å². The molecule has 0 aliphatic heterocycles. The van der Waals surface area contributed by atoms with Gasteiger partial charge in [-0.2, -0.15) is 14.6 Å². The second kappa shape index (κ2) is 6.88. The van der Waals surface area contributed by atoms with Gasteiger partial charge in [0.05, 0.1) is 11.9 Å². The van der Waals surface area contributed by atoms with Crippen molar-refractivity contribution in [3.05, 3.63) is 69.2 Å². The predicted molar refractivity (Wildman–Crippen MR) is 104 cm³/mol. The molecule has 2 heterocycles. The maximum atomic E-state index is 12.6. The second-order valence-corrected chi connectivity index (χ2v) is 6.87. The van der Waals surface area contributed by atoms with Crippen LogP contribution in [0.2, 0.25) is 0 Å². The number of nitrogens with zero attached hydrogens (tertiary/aromatic N) is 4. The van der Waals surface area contributed by atoms with E-state index in [2.05, 4.69) is 31.0 Å². The zero-order valence-corrected chi connectivity index (χ0v) is 15.5. The molecule has 2 aromatic heterocycles. The van der Waals surface area contributed by atoms with Crippen LogP contribution in [0.3, 0.4) is 0 Å². The lowest BCUT2D eigenvalue weighted by atomic mass is 10.1. The summed E-state index contributed by atoms with van der Waals surface area (Å²) in [7, 11) is 0. The number of aromatic nitrogens is 4. The number of hydrogen-bond acceptors (Lipinski definition) is 5. The topological polar surface area (TPSA) is 97.5 Å². The number of benzene rings is 2. The van der Waals surface area contributed by atoms with Gasteiger partial charge in [-0.05, 0) is 18.2 Å². The van der Waals surface area contributed by atoms with Gasteiger partial charge in [0, 0.05) is 21.8 Å². The van der Waals surface area contributed by atoms with E-state index >= 15 is 0 Å². The lowest BCUT2D eigenvalue weighted by Crippen LogP contribution is -2.19. The van der Waals surface area contributed by atoms with Gasteiger partial charge in [-0.3, -0.25) is 9.59 Å². The Hall–Kier alpha value is -3.13. The van der Waals surface area contributed by atoms with E-state index in [9.17, 15) is 9.59 Å². The molecule has 0 radical (unpaired) electrons. The molecule has 0 aliphatic carbocycles. The smallest absolute Gasteiger partial charge is 0.303 e. The Kier molecular flexibility index (Phi) is 4.41. The number of carbonyl (C=O) groups is 1. The van der Waals surface area contributed by atoms with E-state index in [1.807, 2.05) is 30.3 Å². The molecule has 0 bridgehead atoms. The summed E-state index contributed by atoms with van der Waals surface area (Å²) in [5, 5.41) is 14.2. The van der Waals surface area contributed by atoms with Gasteiger partial charge in [0.2, 0.25) is 0 Å². The predicted octanol–water partition coefficient (Wildman–Crippen LogP) is 3.08. The van der Waals surface area contributed by atoms with Crippen molar-refractivity contribution in [3.8, 4) is 11.3 Å². The maximum Gasteiger partial charge on any atom is 0.303 e. The highest BCUT2D eigenvalue weighted by Crippen LogP contribution is 2.23. The van der Waals surface area contributed by atoms with Gasteiger partial charge >= 0.3 is 5.97 Å². The number of aryl methyl sites for hydroxylation is 1. The van der Waals surface area contributed by atoms with Crippen LogP contribution in [0.25, 0.3) is 27.8 Å². The summed E-state index contributed by atoms with van der Waals surface area (Å²) >= 11 is 3.42. The summed E-state index contributed by atoms with van der Waals surface area (Å²) < 4.78 is 2.29. The highest BCUT2D eigenvalue weighted by Gasteiger charge is 2.15. The Balaban J connectivity index is 2.05. The van der Waals surface area contributed by atoms with Crippen LogP contribution in [0, 0.1) is 0 Å². The van der Waals surface area contributed by atoms with Crippen molar-refractivity contribution in [2.45, 2.75) is 12.8 Å². The molecule has 0 saturated carbocycles. The summed E-state index contributed by atoms with van der Waals surface area (Å²) in [6.45, 7) is 0. The fourth-order valence-electron chi connectivity index (χ4n) is 2.87. The third-order valence-electron chi connectivity index (χ3n) is 4.11. The quantitative estimate of drug-likeness (QED) is 0.505. The lowest BCUT2D eigenvalue weighted by molar-refractivity contribution is -0.137. The van der Waals surface area contributed by atoms with Gasteiger partial charge in [-0.15, -0.1) is 0 Å². The lowest BCUT2D eigenvalue weighted by Gasteiger charge is -2.11. The van der Waals surface area contributed by atoms with E-state index in [4.69, 9.17) is 5.11 Å². The Morgan fingerprint density at radius 1 is 1.11 bits per heavy atom. The third kappa shape index (κ3) is 3.31. The van der Waals surface area contributed by atoms with Crippen LogP contribution < -0.4 is 5.56 Å². The molecular weight excluding hydrogens is 412 g/mol. The standard InChI is InChI=1S/C19H13BrN4O3/c20-12-6-7-14-13(10-12)18-22-19(27)17(11-4-2-1-3-5-11)23-24(18)15(21-14)8-9-16(25)26/h1-7,10H,8-9H2,(H,25,26). The van der Waals surface area contributed by atoms with Crippen LogP contribution >= 0.6 is 15.9 Å². The molecule has 0 saturated heterocycles. The third-order valence-corrected chi connectivity index (χ3v) is 4.61. The molecular formula is C19H13BrN4O3. The summed E-state index contributed by atoms with van der Waals surface area (Å²) in [6, 6.07) is 14.5. The highest BCUT2D eigenvalue weighted by molar-refractivity contribution is 9.10. The molecule has 4 aromatic rings. The number of carboxylic acid groups (broad SMARTS) is 1. The largest absolute Gasteiger partial charge is 0.481 e. The first kappa shape index (κ1) is 17.3. The minimum atomic E-state index is -0.932. The molecule has 2 aromatic carbocycles. The SMILES string of the molecule is O=C(O)CCc1nc2ccc(Br)cc2c2nc(=O)c(-c3ccccc3)nn12. The van der Waals surface area contributed by atoms with Crippen molar-refractivity contribution in [2.24, 2.45) is 0 Å². The summed E-state index contributed by atoms with van der Waals surface area (Å²) in [4.78, 5) is 32.5. The number of rotatable bonds is 4. The first-order chi connectivity index (χ1) is 13.0. The van der Waals surface area contributed by atoms with Crippen LogP contribution in [0.4, 0.5) is 0 Å².